The molecule has 1 aromatic carbocycles. The highest BCUT2D eigenvalue weighted by Crippen LogP contribution is 2.24. The third-order valence-corrected chi connectivity index (χ3v) is 3.47. The second kappa shape index (κ2) is 16.0. The van der Waals surface area contributed by atoms with Crippen molar-refractivity contribution in [3.63, 3.8) is 0 Å². The Morgan fingerprint density at radius 3 is 1.48 bits per heavy atom. The zero-order chi connectivity index (χ0) is 16.9. The van der Waals surface area contributed by atoms with Crippen LogP contribution in [0.1, 0.15) is 75.3 Å². The van der Waals surface area contributed by atoms with Crippen molar-refractivity contribution in [1.82, 2.24) is 0 Å². The highest BCUT2D eigenvalue weighted by Gasteiger charge is 2.14. The number of hydrogen-bond donors (Lipinski definition) is 0. The van der Waals surface area contributed by atoms with Crippen molar-refractivity contribution in [3.05, 3.63) is 35.9 Å². The van der Waals surface area contributed by atoms with Crippen molar-refractivity contribution in [2.45, 2.75) is 81.9 Å². The molecule has 140 valence electrons. The van der Waals surface area contributed by atoms with E-state index in [-0.39, 0.29) is 14.9 Å². The second-order valence-electron chi connectivity index (χ2n) is 5.99. The molecule has 2 nitrogen and oxygen atoms in total. The van der Waals surface area contributed by atoms with E-state index < -0.39 is 5.79 Å². The molecule has 0 atom stereocenters. The van der Waals surface area contributed by atoms with Crippen LogP contribution in [0.3, 0.4) is 0 Å². The van der Waals surface area contributed by atoms with Crippen LogP contribution >= 0.6 is 0 Å². The Balaban J connectivity index is -0.000000144. The SMILES string of the molecule is C.C.CC.CCC(C)(C)Cc1ccccc1.COC(C)(C)OC. The normalized spacial score (nSPS) is 9.96. The average molecular weight is 329 g/mol. The summed E-state index contributed by atoms with van der Waals surface area (Å²) in [5.74, 6) is -0.417. The smallest absolute Gasteiger partial charge is 0.161 e. The number of hydrogen-bond acceptors (Lipinski definition) is 2. The van der Waals surface area contributed by atoms with Gasteiger partial charge in [0.1, 0.15) is 0 Å². The first-order valence-corrected chi connectivity index (χ1v) is 7.90. The molecule has 0 aliphatic rings. The number of methoxy groups -OCH3 is 2. The predicted molar refractivity (Wildman–Crippen MR) is 107 cm³/mol. The summed E-state index contributed by atoms with van der Waals surface area (Å²) in [5, 5.41) is 0. The molecule has 0 aliphatic heterocycles. The number of rotatable bonds is 5. The van der Waals surface area contributed by atoms with Crippen molar-refractivity contribution in [1.29, 1.82) is 0 Å². The first-order valence-electron chi connectivity index (χ1n) is 7.90. The molecule has 0 saturated carbocycles. The summed E-state index contributed by atoms with van der Waals surface area (Å²) < 4.78 is 9.73. The molecule has 0 amide bonds. The van der Waals surface area contributed by atoms with Gasteiger partial charge < -0.3 is 9.47 Å². The first kappa shape index (κ1) is 30.1. The van der Waals surface area contributed by atoms with Gasteiger partial charge in [0.25, 0.3) is 0 Å². The van der Waals surface area contributed by atoms with Gasteiger partial charge in [-0.05, 0) is 31.2 Å². The second-order valence-corrected chi connectivity index (χ2v) is 5.99. The lowest BCUT2D eigenvalue weighted by atomic mass is 9.83. The van der Waals surface area contributed by atoms with E-state index in [0.717, 1.165) is 0 Å². The fourth-order valence-electron chi connectivity index (χ4n) is 1.36. The molecular formula is C21H44O2. The van der Waals surface area contributed by atoms with E-state index in [9.17, 15) is 0 Å². The molecule has 0 radical (unpaired) electrons. The van der Waals surface area contributed by atoms with Gasteiger partial charge in [0, 0.05) is 14.2 Å². The highest BCUT2D eigenvalue weighted by molar-refractivity contribution is 5.15. The maximum absolute atomic E-state index is 4.86. The predicted octanol–water partition coefficient (Wildman–Crippen LogP) is 6.98. The Labute approximate surface area is 147 Å². The number of benzene rings is 1. The molecule has 0 bridgehead atoms. The molecular weight excluding hydrogens is 284 g/mol. The lowest BCUT2D eigenvalue weighted by molar-refractivity contribution is -0.178. The summed E-state index contributed by atoms with van der Waals surface area (Å²) in [6.07, 6.45) is 2.42. The fourth-order valence-corrected chi connectivity index (χ4v) is 1.36. The molecule has 0 unspecified atom stereocenters. The zero-order valence-electron chi connectivity index (χ0n) is 15.6. The summed E-state index contributed by atoms with van der Waals surface area (Å²) in [4.78, 5) is 0. The van der Waals surface area contributed by atoms with Crippen molar-refractivity contribution in [2.24, 2.45) is 5.41 Å². The summed E-state index contributed by atoms with van der Waals surface area (Å²) in [6.45, 7) is 14.6. The minimum atomic E-state index is -0.417. The van der Waals surface area contributed by atoms with Gasteiger partial charge >= 0.3 is 0 Å². The quantitative estimate of drug-likeness (QED) is 0.543. The van der Waals surface area contributed by atoms with Crippen LogP contribution < -0.4 is 0 Å². The standard InChI is InChI=1S/C12H18.C5H12O2.C2H6.2CH4/c1-4-12(2,3)10-11-8-6-5-7-9-11;1-5(2,6-3)7-4;1-2;;/h5-9H,4,10H2,1-3H3;1-4H3;1-2H3;2*1H4. The van der Waals surface area contributed by atoms with Crippen LogP contribution in [0.25, 0.3) is 0 Å². The topological polar surface area (TPSA) is 18.5 Å². The van der Waals surface area contributed by atoms with E-state index in [1.807, 2.05) is 27.7 Å². The van der Waals surface area contributed by atoms with Crippen molar-refractivity contribution in [3.8, 4) is 0 Å². The van der Waals surface area contributed by atoms with Crippen LogP contribution in [0.4, 0.5) is 0 Å². The van der Waals surface area contributed by atoms with Crippen molar-refractivity contribution < 1.29 is 9.47 Å². The van der Waals surface area contributed by atoms with Gasteiger partial charge in [-0.3, -0.25) is 0 Å². The van der Waals surface area contributed by atoms with Crippen LogP contribution in [-0.2, 0) is 15.9 Å². The highest BCUT2D eigenvalue weighted by atomic mass is 16.7. The lowest BCUT2D eigenvalue weighted by Crippen LogP contribution is -2.24. The van der Waals surface area contributed by atoms with Crippen LogP contribution in [0.5, 0.6) is 0 Å². The van der Waals surface area contributed by atoms with Gasteiger partial charge in [-0.2, -0.15) is 0 Å². The molecule has 0 saturated heterocycles. The average Bonchev–Trinajstić information content (AvgIpc) is 2.50. The lowest BCUT2D eigenvalue weighted by Gasteiger charge is -2.22. The zero-order valence-corrected chi connectivity index (χ0v) is 15.6. The van der Waals surface area contributed by atoms with Gasteiger partial charge in [0.05, 0.1) is 0 Å². The number of ether oxygens (including phenoxy) is 2. The third kappa shape index (κ3) is 17.3. The third-order valence-electron chi connectivity index (χ3n) is 3.47. The maximum Gasteiger partial charge on any atom is 0.161 e. The van der Waals surface area contributed by atoms with E-state index in [1.165, 1.54) is 18.4 Å². The largest absolute Gasteiger partial charge is 0.354 e. The van der Waals surface area contributed by atoms with E-state index in [2.05, 4.69) is 51.1 Å². The first-order chi connectivity index (χ1) is 9.76. The Bertz CT molecular complexity index is 323. The summed E-state index contributed by atoms with van der Waals surface area (Å²) >= 11 is 0. The van der Waals surface area contributed by atoms with Crippen LogP contribution in [-0.4, -0.2) is 20.0 Å². The maximum atomic E-state index is 4.86. The summed E-state index contributed by atoms with van der Waals surface area (Å²) in [7, 11) is 3.23. The van der Waals surface area contributed by atoms with E-state index in [4.69, 9.17) is 9.47 Å². The van der Waals surface area contributed by atoms with Crippen LogP contribution in [0.2, 0.25) is 0 Å². The Kier molecular flexibility index (Phi) is 20.9. The van der Waals surface area contributed by atoms with Crippen LogP contribution in [0, 0.1) is 5.41 Å². The molecule has 1 aromatic rings. The van der Waals surface area contributed by atoms with Gasteiger partial charge in [-0.25, -0.2) is 0 Å². The van der Waals surface area contributed by atoms with Crippen LogP contribution in [0.15, 0.2) is 30.3 Å². The van der Waals surface area contributed by atoms with E-state index in [1.54, 1.807) is 14.2 Å². The molecule has 0 fully saturated rings. The van der Waals surface area contributed by atoms with E-state index in [0.29, 0.717) is 5.41 Å². The van der Waals surface area contributed by atoms with Gasteiger partial charge in [-0.1, -0.05) is 86.2 Å². The van der Waals surface area contributed by atoms with E-state index >= 15 is 0 Å². The fraction of sp³-hybridized carbons (Fsp3) is 0.714. The van der Waals surface area contributed by atoms with Crippen molar-refractivity contribution in [2.75, 3.05) is 14.2 Å². The minimum absolute atomic E-state index is 0. The van der Waals surface area contributed by atoms with Gasteiger partial charge in [-0.15, -0.1) is 0 Å². The summed E-state index contributed by atoms with van der Waals surface area (Å²) in [6, 6.07) is 10.7. The molecule has 23 heavy (non-hydrogen) atoms. The molecule has 0 spiro atoms. The Morgan fingerprint density at radius 1 is 0.826 bits per heavy atom. The Morgan fingerprint density at radius 2 is 1.22 bits per heavy atom. The van der Waals surface area contributed by atoms with Gasteiger partial charge in [0.15, 0.2) is 5.79 Å². The molecule has 2 heteroatoms. The minimum Gasteiger partial charge on any atom is -0.354 e. The molecule has 0 aliphatic carbocycles. The molecule has 0 aromatic heterocycles. The molecule has 1 rings (SSSR count). The Hall–Kier alpha value is -0.860. The molecule has 0 heterocycles. The van der Waals surface area contributed by atoms with Crippen molar-refractivity contribution >= 4 is 0 Å². The molecule has 0 N–H and O–H groups in total. The van der Waals surface area contributed by atoms with Gasteiger partial charge in [0.2, 0.25) is 0 Å². The monoisotopic (exact) mass is 328 g/mol. The summed E-state index contributed by atoms with van der Waals surface area (Å²) in [5.41, 5.74) is 1.89.